The molecule has 3 heteroatoms. The zero-order valence-corrected chi connectivity index (χ0v) is 10.1. The summed E-state index contributed by atoms with van der Waals surface area (Å²) < 4.78 is 0. The number of nitrogens with zero attached hydrogens (tertiary/aromatic N) is 1. The van der Waals surface area contributed by atoms with Gasteiger partial charge in [0.2, 0.25) is 5.91 Å². The predicted octanol–water partition coefficient (Wildman–Crippen LogP) is 1.55. The van der Waals surface area contributed by atoms with Crippen LogP contribution in [-0.2, 0) is 4.79 Å². The van der Waals surface area contributed by atoms with E-state index in [1.54, 1.807) is 0 Å². The van der Waals surface area contributed by atoms with Crippen molar-refractivity contribution in [1.29, 1.82) is 0 Å². The van der Waals surface area contributed by atoms with Crippen LogP contribution < -0.4 is 5.32 Å². The van der Waals surface area contributed by atoms with E-state index in [0.29, 0.717) is 6.54 Å². The summed E-state index contributed by atoms with van der Waals surface area (Å²) in [5.74, 6) is 0.213. The molecule has 1 N–H and O–H groups in total. The monoisotopic (exact) mass is 210 g/mol. The Balaban J connectivity index is 2.67. The lowest BCUT2D eigenvalue weighted by molar-refractivity contribution is -0.136. The van der Waals surface area contributed by atoms with Gasteiger partial charge in [0.25, 0.3) is 0 Å². The van der Waals surface area contributed by atoms with Crippen LogP contribution >= 0.6 is 0 Å². The molecule has 0 aromatic rings. The van der Waals surface area contributed by atoms with Gasteiger partial charge in [-0.1, -0.05) is 12.2 Å². The summed E-state index contributed by atoms with van der Waals surface area (Å²) in [6, 6.07) is 0. The van der Waals surface area contributed by atoms with Crippen molar-refractivity contribution in [1.82, 2.24) is 10.2 Å². The molecule has 1 aliphatic rings. The lowest BCUT2D eigenvalue weighted by Gasteiger charge is -2.31. The first-order valence-corrected chi connectivity index (χ1v) is 5.68. The molecule has 1 aliphatic heterocycles. The highest BCUT2D eigenvalue weighted by molar-refractivity contribution is 5.86. The number of nitrogens with one attached hydrogen (secondary N) is 1. The SMILES string of the molecule is C=C(C)CN(CC)C(=O)C1(C)CCCN1. The summed E-state index contributed by atoms with van der Waals surface area (Å²) in [5.41, 5.74) is 0.692. The van der Waals surface area contributed by atoms with Crippen LogP contribution in [0.1, 0.15) is 33.6 Å². The predicted molar refractivity (Wildman–Crippen MR) is 62.7 cm³/mol. The van der Waals surface area contributed by atoms with Crippen molar-refractivity contribution in [3.8, 4) is 0 Å². The second-order valence-electron chi connectivity index (χ2n) is 4.64. The molecule has 1 amide bonds. The quantitative estimate of drug-likeness (QED) is 0.714. The van der Waals surface area contributed by atoms with Crippen LogP contribution in [0.4, 0.5) is 0 Å². The minimum absolute atomic E-state index is 0.213. The normalized spacial score (nSPS) is 25.3. The maximum absolute atomic E-state index is 12.3. The van der Waals surface area contributed by atoms with Gasteiger partial charge in [-0.15, -0.1) is 0 Å². The molecular formula is C12H22N2O. The lowest BCUT2D eigenvalue weighted by atomic mass is 9.98. The van der Waals surface area contributed by atoms with Crippen molar-refractivity contribution in [3.63, 3.8) is 0 Å². The summed E-state index contributed by atoms with van der Waals surface area (Å²) in [6.45, 7) is 12.2. The Bertz CT molecular complexity index is 254. The maximum atomic E-state index is 12.3. The molecule has 0 aliphatic carbocycles. The first-order chi connectivity index (χ1) is 6.99. The van der Waals surface area contributed by atoms with E-state index in [0.717, 1.165) is 31.5 Å². The van der Waals surface area contributed by atoms with E-state index in [1.165, 1.54) is 0 Å². The third kappa shape index (κ3) is 2.81. The fourth-order valence-electron chi connectivity index (χ4n) is 2.08. The van der Waals surface area contributed by atoms with Crippen molar-refractivity contribution < 1.29 is 4.79 Å². The highest BCUT2D eigenvalue weighted by Crippen LogP contribution is 2.21. The summed E-state index contributed by atoms with van der Waals surface area (Å²) in [4.78, 5) is 14.1. The van der Waals surface area contributed by atoms with Gasteiger partial charge in [0.15, 0.2) is 0 Å². The topological polar surface area (TPSA) is 32.3 Å². The Hall–Kier alpha value is -0.830. The average molecular weight is 210 g/mol. The number of amides is 1. The molecule has 0 aromatic carbocycles. The van der Waals surface area contributed by atoms with Crippen LogP contribution in [0, 0.1) is 0 Å². The number of hydrogen-bond donors (Lipinski definition) is 1. The van der Waals surface area contributed by atoms with Crippen LogP contribution in [0.5, 0.6) is 0 Å². The molecule has 1 heterocycles. The number of carbonyl (C=O) groups excluding carboxylic acids is 1. The Morgan fingerprint density at radius 1 is 1.60 bits per heavy atom. The van der Waals surface area contributed by atoms with E-state index in [-0.39, 0.29) is 11.4 Å². The highest BCUT2D eigenvalue weighted by atomic mass is 16.2. The first kappa shape index (κ1) is 12.2. The number of likely N-dealkylation sites (N-methyl/N-ethyl adjacent to an activating group) is 1. The summed E-state index contributed by atoms with van der Waals surface area (Å²) in [6.07, 6.45) is 2.03. The Morgan fingerprint density at radius 2 is 2.27 bits per heavy atom. The van der Waals surface area contributed by atoms with E-state index in [9.17, 15) is 4.79 Å². The standard InChI is InChI=1S/C12H22N2O/c1-5-14(9-10(2)3)11(15)12(4)7-6-8-13-12/h13H,2,5-9H2,1,3-4H3. The molecule has 1 rings (SSSR count). The van der Waals surface area contributed by atoms with E-state index in [1.807, 2.05) is 25.7 Å². The van der Waals surface area contributed by atoms with Gasteiger partial charge in [-0.05, 0) is 40.2 Å². The van der Waals surface area contributed by atoms with Crippen molar-refractivity contribution in [2.24, 2.45) is 0 Å². The minimum Gasteiger partial charge on any atom is -0.337 e. The van der Waals surface area contributed by atoms with Crippen LogP contribution in [0.2, 0.25) is 0 Å². The number of hydrogen-bond acceptors (Lipinski definition) is 2. The fourth-order valence-corrected chi connectivity index (χ4v) is 2.08. The second-order valence-corrected chi connectivity index (χ2v) is 4.64. The molecule has 1 saturated heterocycles. The minimum atomic E-state index is -0.342. The Kier molecular flexibility index (Phi) is 3.91. The van der Waals surface area contributed by atoms with Gasteiger partial charge in [0.1, 0.15) is 0 Å². The first-order valence-electron chi connectivity index (χ1n) is 5.68. The van der Waals surface area contributed by atoms with Gasteiger partial charge in [-0.3, -0.25) is 4.79 Å². The van der Waals surface area contributed by atoms with E-state index >= 15 is 0 Å². The summed E-state index contributed by atoms with van der Waals surface area (Å²) in [7, 11) is 0. The molecule has 1 atom stereocenters. The van der Waals surface area contributed by atoms with Gasteiger partial charge in [-0.2, -0.15) is 0 Å². The van der Waals surface area contributed by atoms with Crippen molar-refractivity contribution >= 4 is 5.91 Å². The van der Waals surface area contributed by atoms with Crippen molar-refractivity contribution in [2.45, 2.75) is 39.2 Å². The van der Waals surface area contributed by atoms with Crippen molar-refractivity contribution in [3.05, 3.63) is 12.2 Å². The van der Waals surface area contributed by atoms with Crippen LogP contribution in [0.15, 0.2) is 12.2 Å². The zero-order valence-electron chi connectivity index (χ0n) is 10.1. The zero-order chi connectivity index (χ0) is 11.5. The number of carbonyl (C=O) groups is 1. The summed E-state index contributed by atoms with van der Waals surface area (Å²) >= 11 is 0. The smallest absolute Gasteiger partial charge is 0.242 e. The van der Waals surface area contributed by atoms with E-state index in [4.69, 9.17) is 0 Å². The van der Waals surface area contributed by atoms with E-state index in [2.05, 4.69) is 11.9 Å². The third-order valence-electron chi connectivity index (χ3n) is 2.97. The molecule has 1 fully saturated rings. The molecule has 0 spiro atoms. The second kappa shape index (κ2) is 4.79. The van der Waals surface area contributed by atoms with Gasteiger partial charge in [-0.25, -0.2) is 0 Å². The highest BCUT2D eigenvalue weighted by Gasteiger charge is 2.38. The molecule has 0 aromatic heterocycles. The average Bonchev–Trinajstić information content (AvgIpc) is 2.61. The fraction of sp³-hybridized carbons (Fsp3) is 0.750. The molecule has 1 unspecified atom stereocenters. The van der Waals surface area contributed by atoms with Crippen LogP contribution in [0.3, 0.4) is 0 Å². The van der Waals surface area contributed by atoms with Gasteiger partial charge >= 0.3 is 0 Å². The van der Waals surface area contributed by atoms with Crippen molar-refractivity contribution in [2.75, 3.05) is 19.6 Å². The van der Waals surface area contributed by atoms with Crippen LogP contribution in [0.25, 0.3) is 0 Å². The molecule has 0 saturated carbocycles. The van der Waals surface area contributed by atoms with Gasteiger partial charge < -0.3 is 10.2 Å². The Labute approximate surface area is 92.5 Å². The molecule has 86 valence electrons. The lowest BCUT2D eigenvalue weighted by Crippen LogP contribution is -2.53. The molecular weight excluding hydrogens is 188 g/mol. The molecule has 0 bridgehead atoms. The molecule has 0 radical (unpaired) electrons. The van der Waals surface area contributed by atoms with Crippen LogP contribution in [-0.4, -0.2) is 36.0 Å². The van der Waals surface area contributed by atoms with Gasteiger partial charge in [0, 0.05) is 13.1 Å². The largest absolute Gasteiger partial charge is 0.337 e. The summed E-state index contributed by atoms with van der Waals surface area (Å²) in [5, 5.41) is 3.30. The van der Waals surface area contributed by atoms with Gasteiger partial charge in [0.05, 0.1) is 5.54 Å². The number of rotatable bonds is 4. The van der Waals surface area contributed by atoms with E-state index < -0.39 is 0 Å². The third-order valence-corrected chi connectivity index (χ3v) is 2.97. The molecule has 3 nitrogen and oxygen atoms in total. The molecule has 15 heavy (non-hydrogen) atoms. The Morgan fingerprint density at radius 3 is 2.67 bits per heavy atom. The maximum Gasteiger partial charge on any atom is 0.242 e.